The number of nitrogens with one attached hydrogen (secondary N) is 1. The number of ether oxygens (including phenoxy) is 2. The van der Waals surface area contributed by atoms with Gasteiger partial charge in [0.05, 0.1) is 13.3 Å². The Balaban J connectivity index is 1.31. The van der Waals surface area contributed by atoms with Crippen LogP contribution >= 0.6 is 0 Å². The molecule has 1 aliphatic heterocycles. The van der Waals surface area contributed by atoms with E-state index < -0.39 is 12.2 Å². The number of benzene rings is 3. The number of aromatic hydroxyl groups is 2. The van der Waals surface area contributed by atoms with Crippen molar-refractivity contribution in [2.24, 2.45) is 0 Å². The number of alkyl carbamates (subject to hydrolysis) is 1. The predicted molar refractivity (Wildman–Crippen MR) is 165 cm³/mol. The Kier molecular flexibility index (Phi) is 11.4. The summed E-state index contributed by atoms with van der Waals surface area (Å²) in [5, 5.41) is 23.0. The van der Waals surface area contributed by atoms with Gasteiger partial charge in [-0.3, -0.25) is 4.39 Å². The molecule has 222 valence electrons. The number of phenolic OH excluding ortho intramolecular Hbond substituents is 2. The average molecular weight is 574 g/mol. The van der Waals surface area contributed by atoms with Gasteiger partial charge in [0.15, 0.2) is 0 Å². The van der Waals surface area contributed by atoms with Crippen LogP contribution in [-0.2, 0) is 4.74 Å². The largest absolute Gasteiger partial charge is 0.508 e. The minimum absolute atomic E-state index is 0.165. The van der Waals surface area contributed by atoms with Crippen LogP contribution in [0.2, 0.25) is 0 Å². The lowest BCUT2D eigenvalue weighted by Gasteiger charge is -2.31. The molecule has 0 saturated carbocycles. The third-order valence-corrected chi connectivity index (χ3v) is 7.36. The molecule has 3 aromatic rings. The van der Waals surface area contributed by atoms with Crippen molar-refractivity contribution in [2.45, 2.75) is 58.0 Å². The van der Waals surface area contributed by atoms with E-state index in [0.717, 1.165) is 71.9 Å². The van der Waals surface area contributed by atoms with Gasteiger partial charge < -0.3 is 25.0 Å². The predicted octanol–water partition coefficient (Wildman–Crippen LogP) is 8.60. The fourth-order valence-electron chi connectivity index (χ4n) is 5.13. The zero-order valence-corrected chi connectivity index (χ0v) is 24.2. The third-order valence-electron chi connectivity index (χ3n) is 7.36. The van der Waals surface area contributed by atoms with Crippen LogP contribution in [-0.4, -0.2) is 36.1 Å². The maximum absolute atomic E-state index is 12.1. The number of allylic oxidation sites excluding steroid dienone is 1. The van der Waals surface area contributed by atoms with Gasteiger partial charge in [-0.15, -0.1) is 0 Å². The first kappa shape index (κ1) is 30.7. The molecule has 0 bridgehead atoms. The lowest BCUT2D eigenvalue weighted by molar-refractivity contribution is 0.145. The molecular weight excluding hydrogens is 533 g/mol. The minimum atomic E-state index is -0.428. The van der Waals surface area contributed by atoms with Crippen LogP contribution in [0.4, 0.5) is 9.18 Å². The molecule has 0 aliphatic carbocycles. The molecule has 0 spiro atoms. The molecule has 3 N–H and O–H groups in total. The zero-order valence-electron chi connectivity index (χ0n) is 24.2. The molecule has 42 heavy (non-hydrogen) atoms. The Hall–Kier alpha value is -4.26. The lowest BCUT2D eigenvalue weighted by atomic mass is 9.86. The van der Waals surface area contributed by atoms with E-state index in [1.807, 2.05) is 49.4 Å². The fourth-order valence-corrected chi connectivity index (χ4v) is 5.13. The average Bonchev–Trinajstić information content (AvgIpc) is 2.99. The van der Waals surface area contributed by atoms with Crippen LogP contribution in [0.3, 0.4) is 0 Å². The van der Waals surface area contributed by atoms with E-state index in [-0.39, 0.29) is 18.2 Å². The summed E-state index contributed by atoms with van der Waals surface area (Å²) in [6.45, 7) is 2.52. The van der Waals surface area contributed by atoms with Gasteiger partial charge in [0.1, 0.15) is 23.4 Å². The monoisotopic (exact) mass is 573 g/mol. The maximum atomic E-state index is 12.1. The van der Waals surface area contributed by atoms with Crippen molar-refractivity contribution < 1.29 is 28.9 Å². The Morgan fingerprint density at radius 1 is 0.929 bits per heavy atom. The van der Waals surface area contributed by atoms with Crippen LogP contribution in [0.25, 0.3) is 17.2 Å². The molecule has 0 radical (unpaired) electrons. The summed E-state index contributed by atoms with van der Waals surface area (Å²) in [5.41, 5.74) is 5.47. The molecule has 1 amide bonds. The molecule has 0 fully saturated rings. The Labute approximate surface area is 247 Å². The summed E-state index contributed by atoms with van der Waals surface area (Å²) in [7, 11) is 0. The molecular formula is C35H40FNO5. The number of alkyl halides is 1. The van der Waals surface area contributed by atoms with E-state index >= 15 is 0 Å². The molecule has 6 nitrogen and oxygen atoms in total. The number of rotatable bonds is 14. The molecule has 1 unspecified atom stereocenters. The number of unbranched alkanes of at least 4 members (excludes halogenated alkanes) is 6. The van der Waals surface area contributed by atoms with Crippen molar-refractivity contribution in [3.63, 3.8) is 0 Å². The van der Waals surface area contributed by atoms with Crippen molar-refractivity contribution >= 4 is 23.3 Å². The topological polar surface area (TPSA) is 88.0 Å². The molecule has 1 atom stereocenters. The van der Waals surface area contributed by atoms with Crippen molar-refractivity contribution in [1.29, 1.82) is 0 Å². The van der Waals surface area contributed by atoms with Crippen LogP contribution in [0.5, 0.6) is 17.2 Å². The van der Waals surface area contributed by atoms with Crippen molar-refractivity contribution in [3.8, 4) is 17.2 Å². The van der Waals surface area contributed by atoms with E-state index in [4.69, 9.17) is 9.47 Å². The Morgan fingerprint density at radius 3 is 2.38 bits per heavy atom. The fraction of sp³-hybridized carbons (Fsp3) is 0.343. The number of fused-ring (bicyclic) bond motifs is 1. The van der Waals surface area contributed by atoms with Crippen LogP contribution in [0, 0.1) is 0 Å². The molecule has 1 aliphatic rings. The molecule has 4 rings (SSSR count). The SMILES string of the molecule is CC1=C(c2cccc(O)c2)C(c2ccc(/C=C/CNC(=O)OCCCCCCCCCF)cc2)Oc2ccc(O)cc21. The maximum Gasteiger partial charge on any atom is 0.407 e. The Bertz CT molecular complexity index is 1380. The van der Waals surface area contributed by atoms with E-state index in [1.165, 1.54) is 0 Å². The zero-order chi connectivity index (χ0) is 29.7. The van der Waals surface area contributed by atoms with Gasteiger partial charge in [-0.2, -0.15) is 0 Å². The number of hydrogen-bond acceptors (Lipinski definition) is 5. The summed E-state index contributed by atoms with van der Waals surface area (Å²) in [5.74, 6) is 1.02. The highest BCUT2D eigenvalue weighted by Gasteiger charge is 2.29. The number of amides is 1. The first-order valence-electron chi connectivity index (χ1n) is 14.7. The number of hydrogen-bond donors (Lipinski definition) is 3. The van der Waals surface area contributed by atoms with E-state index in [9.17, 15) is 19.4 Å². The van der Waals surface area contributed by atoms with Gasteiger partial charge in [-0.05, 0) is 72.4 Å². The van der Waals surface area contributed by atoms with Crippen molar-refractivity contribution in [1.82, 2.24) is 5.32 Å². The highest BCUT2D eigenvalue weighted by atomic mass is 19.1. The van der Waals surface area contributed by atoms with Crippen molar-refractivity contribution in [3.05, 3.63) is 95.1 Å². The second-order valence-electron chi connectivity index (χ2n) is 10.5. The van der Waals surface area contributed by atoms with E-state index in [0.29, 0.717) is 25.3 Å². The highest BCUT2D eigenvalue weighted by Crippen LogP contribution is 2.47. The quantitative estimate of drug-likeness (QED) is 0.168. The van der Waals surface area contributed by atoms with Gasteiger partial charge in [0, 0.05) is 17.7 Å². The summed E-state index contributed by atoms with van der Waals surface area (Å²) in [4.78, 5) is 11.9. The van der Waals surface area contributed by atoms with Gasteiger partial charge in [-0.1, -0.05) is 80.7 Å². The number of carbonyl (C=O) groups is 1. The standard InChI is InChI=1S/C35H40FNO5/c1-25-31-24-30(39)18-19-32(31)42-34(33(25)28-12-9-13-29(38)23-28)27-16-14-26(15-17-27)11-10-21-37-35(40)41-22-8-6-4-2-3-5-7-20-36/h9-19,23-24,34,38-39H,2-8,20-22H2,1H3,(H,37,40)/b11-10+. The number of halogens is 1. The summed E-state index contributed by atoms with van der Waals surface area (Å²) in [6.07, 6.45) is 9.65. The van der Waals surface area contributed by atoms with Gasteiger partial charge in [-0.25, -0.2) is 4.79 Å². The Morgan fingerprint density at radius 2 is 1.64 bits per heavy atom. The first-order valence-corrected chi connectivity index (χ1v) is 14.7. The van der Waals surface area contributed by atoms with E-state index in [1.54, 1.807) is 36.4 Å². The van der Waals surface area contributed by atoms with E-state index in [2.05, 4.69) is 5.32 Å². The third kappa shape index (κ3) is 8.62. The van der Waals surface area contributed by atoms with Crippen LogP contribution in [0.15, 0.2) is 72.8 Å². The number of carbonyl (C=O) groups excluding carboxylic acids is 1. The second kappa shape index (κ2) is 15.7. The highest BCUT2D eigenvalue weighted by molar-refractivity contribution is 5.95. The van der Waals surface area contributed by atoms with Gasteiger partial charge >= 0.3 is 6.09 Å². The van der Waals surface area contributed by atoms with Crippen LogP contribution in [0.1, 0.15) is 80.2 Å². The second-order valence-corrected chi connectivity index (χ2v) is 10.5. The van der Waals surface area contributed by atoms with Crippen molar-refractivity contribution in [2.75, 3.05) is 19.8 Å². The first-order chi connectivity index (χ1) is 20.5. The molecule has 1 heterocycles. The lowest BCUT2D eigenvalue weighted by Crippen LogP contribution is -2.24. The summed E-state index contributed by atoms with van der Waals surface area (Å²) in [6, 6.07) is 20.2. The summed E-state index contributed by atoms with van der Waals surface area (Å²) < 4.78 is 23.8. The van der Waals surface area contributed by atoms with Crippen LogP contribution < -0.4 is 10.1 Å². The van der Waals surface area contributed by atoms with Gasteiger partial charge in [0.2, 0.25) is 0 Å². The number of phenols is 2. The summed E-state index contributed by atoms with van der Waals surface area (Å²) >= 11 is 0. The molecule has 7 heteroatoms. The molecule has 0 saturated heterocycles. The molecule has 0 aromatic heterocycles. The van der Waals surface area contributed by atoms with Gasteiger partial charge in [0.25, 0.3) is 0 Å². The molecule has 3 aromatic carbocycles. The minimum Gasteiger partial charge on any atom is -0.508 e. The normalized spacial score (nSPS) is 14.5. The smallest absolute Gasteiger partial charge is 0.407 e.